The summed E-state index contributed by atoms with van der Waals surface area (Å²) in [5.74, 6) is -0.462. The molecule has 2 aromatic carbocycles. The number of rotatable bonds is 4. The molecule has 7 heteroatoms. The lowest BCUT2D eigenvalue weighted by Gasteiger charge is -2.10. The van der Waals surface area contributed by atoms with Crippen molar-refractivity contribution in [2.24, 2.45) is 0 Å². The fourth-order valence-electron chi connectivity index (χ4n) is 2.16. The molecule has 0 aliphatic heterocycles. The maximum Gasteiger partial charge on any atom is 0.266 e. The van der Waals surface area contributed by atoms with Gasteiger partial charge >= 0.3 is 0 Å². The second-order valence-corrected chi connectivity index (χ2v) is 7.88. The van der Waals surface area contributed by atoms with E-state index in [-0.39, 0.29) is 5.57 Å². The summed E-state index contributed by atoms with van der Waals surface area (Å²) < 4.78 is 2.03. The van der Waals surface area contributed by atoms with Crippen LogP contribution in [-0.4, -0.2) is 13.0 Å². The Labute approximate surface area is 178 Å². The van der Waals surface area contributed by atoms with Crippen molar-refractivity contribution in [3.63, 3.8) is 0 Å². The zero-order valence-corrected chi connectivity index (χ0v) is 18.5. The highest BCUT2D eigenvalue weighted by Gasteiger charge is 2.13. The molecule has 0 saturated carbocycles. The maximum absolute atomic E-state index is 12.4. The predicted octanol–water partition coefficient (Wildman–Crippen LogP) is 5.45. The van der Waals surface area contributed by atoms with Crippen LogP contribution in [0.3, 0.4) is 0 Å². The fraction of sp³-hybridized carbons (Fsp3) is 0.111. The highest BCUT2D eigenvalue weighted by molar-refractivity contribution is 14.1. The van der Waals surface area contributed by atoms with Crippen LogP contribution in [0.15, 0.2) is 35.9 Å². The van der Waals surface area contributed by atoms with E-state index >= 15 is 0 Å². The summed E-state index contributed by atoms with van der Waals surface area (Å²) >= 11 is 10.5. The van der Waals surface area contributed by atoms with Crippen LogP contribution >= 0.6 is 56.8 Å². The van der Waals surface area contributed by atoms with Gasteiger partial charge in [-0.25, -0.2) is 0 Å². The van der Waals surface area contributed by atoms with Gasteiger partial charge in [-0.05, 0) is 93.6 Å². The lowest BCUT2D eigenvalue weighted by atomic mass is 10.1. The van der Waals surface area contributed by atoms with Crippen LogP contribution in [0.2, 0.25) is 5.02 Å². The summed E-state index contributed by atoms with van der Waals surface area (Å²) in [4.78, 5) is 12.4. The van der Waals surface area contributed by atoms with Crippen LogP contribution < -0.4 is 10.6 Å². The molecule has 0 aliphatic rings. The van der Waals surface area contributed by atoms with Crippen molar-refractivity contribution < 1.29 is 4.79 Å². The molecule has 0 saturated heterocycles. The predicted molar refractivity (Wildman–Crippen MR) is 120 cm³/mol. The SMILES string of the molecule is CNc1c(I)cc(/C=C(\C#N)C(=O)Nc2cccc(Cl)c2C)cc1I. The minimum atomic E-state index is -0.462. The summed E-state index contributed by atoms with van der Waals surface area (Å²) in [5, 5.41) is 15.8. The molecule has 0 aliphatic carbocycles. The van der Waals surface area contributed by atoms with Gasteiger partial charge in [0, 0.05) is 24.9 Å². The lowest BCUT2D eigenvalue weighted by Crippen LogP contribution is -2.14. The number of halogens is 3. The first-order valence-corrected chi connectivity index (χ1v) is 9.76. The number of benzene rings is 2. The third kappa shape index (κ3) is 4.86. The van der Waals surface area contributed by atoms with Crippen molar-refractivity contribution in [3.05, 3.63) is 59.2 Å². The number of hydrogen-bond acceptors (Lipinski definition) is 3. The van der Waals surface area contributed by atoms with Crippen molar-refractivity contribution in [1.29, 1.82) is 5.26 Å². The number of nitrogens with one attached hydrogen (secondary N) is 2. The molecule has 0 fully saturated rings. The molecular formula is C18H14ClI2N3O. The van der Waals surface area contributed by atoms with Crippen LogP contribution in [-0.2, 0) is 4.79 Å². The van der Waals surface area contributed by atoms with E-state index in [0.29, 0.717) is 10.7 Å². The first-order valence-electron chi connectivity index (χ1n) is 7.22. The van der Waals surface area contributed by atoms with Crippen LogP contribution in [0.1, 0.15) is 11.1 Å². The molecule has 25 heavy (non-hydrogen) atoms. The minimum absolute atomic E-state index is 0.0307. The molecule has 0 spiro atoms. The monoisotopic (exact) mass is 577 g/mol. The second kappa shape index (κ2) is 8.87. The summed E-state index contributed by atoms with van der Waals surface area (Å²) in [6.07, 6.45) is 1.58. The van der Waals surface area contributed by atoms with Gasteiger partial charge in [0.05, 0.1) is 5.69 Å². The van der Waals surface area contributed by atoms with Crippen molar-refractivity contribution in [3.8, 4) is 6.07 Å². The van der Waals surface area contributed by atoms with Crippen molar-refractivity contribution in [2.75, 3.05) is 17.7 Å². The normalized spacial score (nSPS) is 11.0. The Hall–Kier alpha value is -1.31. The molecule has 128 valence electrons. The molecular weight excluding hydrogens is 563 g/mol. The van der Waals surface area contributed by atoms with E-state index in [1.54, 1.807) is 24.3 Å². The minimum Gasteiger partial charge on any atom is -0.386 e. The van der Waals surface area contributed by atoms with Gasteiger partial charge in [-0.1, -0.05) is 17.7 Å². The van der Waals surface area contributed by atoms with Gasteiger partial charge in [0.15, 0.2) is 0 Å². The van der Waals surface area contributed by atoms with E-state index in [2.05, 4.69) is 55.8 Å². The van der Waals surface area contributed by atoms with Gasteiger partial charge in [-0.15, -0.1) is 0 Å². The third-order valence-electron chi connectivity index (χ3n) is 3.51. The van der Waals surface area contributed by atoms with Crippen molar-refractivity contribution in [1.82, 2.24) is 0 Å². The third-order valence-corrected chi connectivity index (χ3v) is 5.62. The molecule has 2 N–H and O–H groups in total. The number of nitrogens with zero attached hydrogens (tertiary/aromatic N) is 1. The first-order chi connectivity index (χ1) is 11.9. The molecule has 0 unspecified atom stereocenters. The van der Waals surface area contributed by atoms with Gasteiger partial charge in [-0.3, -0.25) is 4.79 Å². The number of carbonyl (C=O) groups is 1. The molecule has 1 amide bonds. The second-order valence-electron chi connectivity index (χ2n) is 5.15. The van der Waals surface area contributed by atoms with Crippen molar-refractivity contribution in [2.45, 2.75) is 6.92 Å². The van der Waals surface area contributed by atoms with Gasteiger partial charge < -0.3 is 10.6 Å². The standard InChI is InChI=1S/C18H14ClI2N3O/c1-10-13(19)4-3-5-16(10)24-18(25)12(9-22)6-11-7-14(20)17(23-2)15(21)8-11/h3-8,23H,1-2H3,(H,24,25)/b12-6+. The van der Waals surface area contributed by atoms with E-state index in [0.717, 1.165) is 24.0 Å². The molecule has 0 radical (unpaired) electrons. The van der Waals surface area contributed by atoms with Crippen molar-refractivity contribution >= 4 is 80.1 Å². The zero-order valence-electron chi connectivity index (χ0n) is 13.5. The zero-order chi connectivity index (χ0) is 18.6. The lowest BCUT2D eigenvalue weighted by molar-refractivity contribution is -0.112. The van der Waals surface area contributed by atoms with Gasteiger partial charge in [0.1, 0.15) is 11.6 Å². The van der Waals surface area contributed by atoms with Crippen LogP contribution in [0.4, 0.5) is 11.4 Å². The Balaban J connectivity index is 2.33. The number of hydrogen-bond donors (Lipinski definition) is 2. The van der Waals surface area contributed by atoms with E-state index in [9.17, 15) is 10.1 Å². The Morgan fingerprint density at radius 3 is 2.48 bits per heavy atom. The molecule has 4 nitrogen and oxygen atoms in total. The van der Waals surface area contributed by atoms with Gasteiger partial charge in [-0.2, -0.15) is 5.26 Å². The van der Waals surface area contributed by atoms with Crippen LogP contribution in [0, 0.1) is 25.4 Å². The van der Waals surface area contributed by atoms with Gasteiger partial charge in [0.2, 0.25) is 0 Å². The van der Waals surface area contributed by atoms with Crippen LogP contribution in [0.25, 0.3) is 6.08 Å². The molecule has 0 aromatic heterocycles. The maximum atomic E-state index is 12.4. The topological polar surface area (TPSA) is 64.9 Å². The quantitative estimate of drug-likeness (QED) is 0.289. The number of anilines is 2. The average molecular weight is 578 g/mol. The Kier molecular flexibility index (Phi) is 7.10. The Bertz CT molecular complexity index is 881. The number of carbonyl (C=O) groups excluding carboxylic acids is 1. The summed E-state index contributed by atoms with van der Waals surface area (Å²) in [6, 6.07) is 11.1. The molecule has 2 rings (SSSR count). The molecule has 0 bridgehead atoms. The first kappa shape index (κ1) is 20.0. The summed E-state index contributed by atoms with van der Waals surface area (Å²) in [7, 11) is 1.86. The highest BCUT2D eigenvalue weighted by atomic mass is 127. The van der Waals surface area contributed by atoms with Crippen LogP contribution in [0.5, 0.6) is 0 Å². The Morgan fingerprint density at radius 1 is 1.28 bits per heavy atom. The summed E-state index contributed by atoms with van der Waals surface area (Å²) in [6.45, 7) is 1.81. The largest absolute Gasteiger partial charge is 0.386 e. The average Bonchev–Trinajstić information content (AvgIpc) is 2.56. The van der Waals surface area contributed by atoms with E-state index < -0.39 is 5.91 Å². The number of nitriles is 1. The highest BCUT2D eigenvalue weighted by Crippen LogP contribution is 2.27. The molecule has 0 atom stereocenters. The summed E-state index contributed by atoms with van der Waals surface area (Å²) in [5.41, 5.74) is 3.20. The van der Waals surface area contributed by atoms with E-state index in [1.165, 1.54) is 0 Å². The van der Waals surface area contributed by atoms with E-state index in [1.807, 2.05) is 32.2 Å². The smallest absolute Gasteiger partial charge is 0.266 e. The van der Waals surface area contributed by atoms with E-state index in [4.69, 9.17) is 11.6 Å². The Morgan fingerprint density at radius 2 is 1.92 bits per heavy atom. The molecule has 0 heterocycles. The fourth-order valence-corrected chi connectivity index (χ4v) is 4.69. The number of amides is 1. The molecule has 2 aromatic rings. The van der Waals surface area contributed by atoms with Gasteiger partial charge in [0.25, 0.3) is 5.91 Å².